The van der Waals surface area contributed by atoms with Gasteiger partial charge >= 0.3 is 0 Å². The molecule has 0 aromatic heterocycles. The molecule has 0 radical (unpaired) electrons. The zero-order valence-corrected chi connectivity index (χ0v) is 14.7. The van der Waals surface area contributed by atoms with Gasteiger partial charge in [-0.3, -0.25) is 0 Å². The van der Waals surface area contributed by atoms with E-state index in [1.807, 2.05) is 30.3 Å². The average Bonchev–Trinajstić information content (AvgIpc) is 2.89. The van der Waals surface area contributed by atoms with Crippen LogP contribution in [0.4, 0.5) is 0 Å². The van der Waals surface area contributed by atoms with Gasteiger partial charge in [-0.1, -0.05) is 30.3 Å². The molecule has 3 N–H and O–H groups in total. The van der Waals surface area contributed by atoms with E-state index < -0.39 is 6.10 Å². The van der Waals surface area contributed by atoms with Crippen molar-refractivity contribution in [3.63, 3.8) is 0 Å². The van der Waals surface area contributed by atoms with Crippen molar-refractivity contribution in [3.05, 3.63) is 68.1 Å². The number of nitrogens with two attached hydrogens (primary N) is 1. The quantitative estimate of drug-likeness (QED) is 0.803. The second-order valence-electron chi connectivity index (χ2n) is 5.76. The van der Waals surface area contributed by atoms with Gasteiger partial charge in [-0.2, -0.15) is 0 Å². The Morgan fingerprint density at radius 3 is 2.19 bits per heavy atom. The van der Waals surface area contributed by atoms with Crippen LogP contribution in [0.2, 0.25) is 0 Å². The molecule has 0 saturated heterocycles. The lowest BCUT2D eigenvalue weighted by Crippen LogP contribution is -2.37. The Labute approximate surface area is 141 Å². The molecule has 0 spiro atoms. The van der Waals surface area contributed by atoms with Crippen molar-refractivity contribution in [1.29, 1.82) is 0 Å². The highest BCUT2D eigenvalue weighted by molar-refractivity contribution is 9.13. The van der Waals surface area contributed by atoms with Crippen molar-refractivity contribution < 1.29 is 5.11 Å². The molecule has 21 heavy (non-hydrogen) atoms. The minimum absolute atomic E-state index is 0.309. The van der Waals surface area contributed by atoms with Crippen LogP contribution in [0.3, 0.4) is 0 Å². The number of benzene rings is 2. The summed E-state index contributed by atoms with van der Waals surface area (Å²) in [4.78, 5) is 0. The maximum absolute atomic E-state index is 10.9. The van der Waals surface area contributed by atoms with Gasteiger partial charge in [0, 0.05) is 20.9 Å². The number of halogens is 2. The van der Waals surface area contributed by atoms with Gasteiger partial charge in [0.15, 0.2) is 0 Å². The second kappa shape index (κ2) is 5.84. The maximum Gasteiger partial charge on any atom is 0.0865 e. The highest BCUT2D eigenvalue weighted by atomic mass is 79.9. The Balaban J connectivity index is 1.95. The van der Waals surface area contributed by atoms with Gasteiger partial charge in [-0.15, -0.1) is 0 Å². The van der Waals surface area contributed by atoms with Crippen LogP contribution in [-0.2, 0) is 12.8 Å². The number of rotatable bonds is 3. The van der Waals surface area contributed by atoms with Crippen molar-refractivity contribution in [1.82, 2.24) is 0 Å². The number of hydrogen-bond acceptors (Lipinski definition) is 2. The van der Waals surface area contributed by atoms with Crippen molar-refractivity contribution in [2.45, 2.75) is 18.9 Å². The second-order valence-corrected chi connectivity index (χ2v) is 7.47. The molecule has 4 heteroatoms. The summed E-state index contributed by atoms with van der Waals surface area (Å²) < 4.78 is 1.93. The van der Waals surface area contributed by atoms with Crippen LogP contribution in [0, 0.1) is 5.41 Å². The van der Waals surface area contributed by atoms with E-state index in [9.17, 15) is 5.11 Å². The average molecular weight is 411 g/mol. The van der Waals surface area contributed by atoms with Crippen LogP contribution in [0.1, 0.15) is 22.8 Å². The van der Waals surface area contributed by atoms with Crippen LogP contribution in [0.15, 0.2) is 51.4 Å². The summed E-state index contributed by atoms with van der Waals surface area (Å²) >= 11 is 6.96. The third kappa shape index (κ3) is 2.70. The summed E-state index contributed by atoms with van der Waals surface area (Å²) in [5.41, 5.74) is 9.28. The molecule has 1 atom stereocenters. The minimum atomic E-state index is -0.570. The first-order valence-corrected chi connectivity index (χ1v) is 8.54. The molecule has 1 unspecified atom stereocenters. The van der Waals surface area contributed by atoms with E-state index in [4.69, 9.17) is 5.73 Å². The third-order valence-corrected chi connectivity index (χ3v) is 6.33. The summed E-state index contributed by atoms with van der Waals surface area (Å²) in [6.07, 6.45) is 1.09. The number of hydrogen-bond donors (Lipinski definition) is 2. The van der Waals surface area contributed by atoms with Crippen molar-refractivity contribution in [3.8, 4) is 0 Å². The van der Waals surface area contributed by atoms with Gasteiger partial charge in [0.1, 0.15) is 0 Å². The highest BCUT2D eigenvalue weighted by Gasteiger charge is 2.42. The van der Waals surface area contributed by atoms with E-state index in [1.54, 1.807) is 0 Å². The van der Waals surface area contributed by atoms with Crippen molar-refractivity contribution in [2.24, 2.45) is 11.1 Å². The third-order valence-electron chi connectivity index (χ3n) is 4.45. The zero-order valence-electron chi connectivity index (χ0n) is 11.5. The largest absolute Gasteiger partial charge is 0.388 e. The fourth-order valence-electron chi connectivity index (χ4n) is 3.21. The molecular weight excluding hydrogens is 394 g/mol. The van der Waals surface area contributed by atoms with E-state index in [2.05, 4.69) is 44.0 Å². The molecule has 0 aliphatic heterocycles. The molecule has 0 fully saturated rings. The Bertz CT molecular complexity index is 647. The molecule has 2 aromatic carbocycles. The topological polar surface area (TPSA) is 46.2 Å². The number of aliphatic hydroxyl groups is 1. The lowest BCUT2D eigenvalue weighted by molar-refractivity contribution is 0.0357. The molecule has 2 nitrogen and oxygen atoms in total. The molecule has 0 amide bonds. The summed E-state index contributed by atoms with van der Waals surface area (Å²) in [5.74, 6) is 0. The number of aliphatic hydroxyl groups excluding tert-OH is 1. The SMILES string of the molecule is NCC1(C(O)c2ccc(Br)c(Br)c2)Cc2ccccc2C1. The van der Waals surface area contributed by atoms with Gasteiger partial charge < -0.3 is 10.8 Å². The van der Waals surface area contributed by atoms with E-state index in [-0.39, 0.29) is 5.41 Å². The van der Waals surface area contributed by atoms with Gasteiger partial charge in [0.2, 0.25) is 0 Å². The first-order valence-electron chi connectivity index (χ1n) is 6.95. The molecule has 110 valence electrons. The van der Waals surface area contributed by atoms with Gasteiger partial charge in [-0.05, 0) is 73.5 Å². The van der Waals surface area contributed by atoms with E-state index in [1.165, 1.54) is 11.1 Å². The van der Waals surface area contributed by atoms with Crippen molar-refractivity contribution >= 4 is 31.9 Å². The molecule has 1 aliphatic rings. The Hall–Kier alpha value is -0.680. The molecular formula is C17H17Br2NO. The molecule has 0 bridgehead atoms. The lowest BCUT2D eigenvalue weighted by atomic mass is 9.76. The first kappa shape index (κ1) is 15.2. The predicted octanol–water partition coefficient (Wildman–Crippen LogP) is 3.99. The van der Waals surface area contributed by atoms with Gasteiger partial charge in [0.25, 0.3) is 0 Å². The van der Waals surface area contributed by atoms with Crippen molar-refractivity contribution in [2.75, 3.05) is 6.54 Å². The van der Waals surface area contributed by atoms with Crippen LogP contribution in [-0.4, -0.2) is 11.7 Å². The van der Waals surface area contributed by atoms with Crippen LogP contribution < -0.4 is 5.73 Å². The zero-order chi connectivity index (χ0) is 15.0. The number of fused-ring (bicyclic) bond motifs is 1. The molecule has 0 saturated carbocycles. The smallest absolute Gasteiger partial charge is 0.0865 e. The summed E-state index contributed by atoms with van der Waals surface area (Å²) in [6, 6.07) is 14.2. The lowest BCUT2D eigenvalue weighted by Gasteiger charge is -2.33. The maximum atomic E-state index is 10.9. The fraction of sp³-hybridized carbons (Fsp3) is 0.294. The Morgan fingerprint density at radius 1 is 1.05 bits per heavy atom. The van der Waals surface area contributed by atoms with Gasteiger partial charge in [0.05, 0.1) is 6.10 Å². The normalized spacial score (nSPS) is 17.5. The van der Waals surface area contributed by atoms with E-state index in [0.29, 0.717) is 6.54 Å². The van der Waals surface area contributed by atoms with E-state index in [0.717, 1.165) is 27.4 Å². The molecule has 1 aliphatic carbocycles. The van der Waals surface area contributed by atoms with Crippen LogP contribution in [0.5, 0.6) is 0 Å². The van der Waals surface area contributed by atoms with Gasteiger partial charge in [-0.25, -0.2) is 0 Å². The summed E-state index contributed by atoms with van der Waals surface area (Å²) in [7, 11) is 0. The summed E-state index contributed by atoms with van der Waals surface area (Å²) in [5, 5.41) is 10.9. The first-order chi connectivity index (χ1) is 10.1. The monoisotopic (exact) mass is 409 g/mol. The Kier molecular flexibility index (Phi) is 4.23. The molecule has 0 heterocycles. The van der Waals surface area contributed by atoms with Crippen LogP contribution in [0.25, 0.3) is 0 Å². The fourth-order valence-corrected chi connectivity index (χ4v) is 3.85. The predicted molar refractivity (Wildman–Crippen MR) is 92.1 cm³/mol. The molecule has 2 aromatic rings. The standard InChI is InChI=1S/C17H17Br2NO/c18-14-6-5-11(7-15(14)19)16(21)17(10-20)8-12-3-1-2-4-13(12)9-17/h1-7,16,21H,8-10,20H2. The van der Waals surface area contributed by atoms with Crippen LogP contribution >= 0.6 is 31.9 Å². The highest BCUT2D eigenvalue weighted by Crippen LogP contribution is 2.45. The minimum Gasteiger partial charge on any atom is -0.388 e. The Morgan fingerprint density at radius 2 is 1.67 bits per heavy atom. The summed E-state index contributed by atoms with van der Waals surface area (Å²) in [6.45, 7) is 0.469. The molecule has 3 rings (SSSR count). The van der Waals surface area contributed by atoms with E-state index >= 15 is 0 Å².